The van der Waals surface area contributed by atoms with Gasteiger partial charge in [-0.05, 0) is 18.2 Å². The highest BCUT2D eigenvalue weighted by Crippen LogP contribution is 2.10. The molecule has 0 radical (unpaired) electrons. The summed E-state index contributed by atoms with van der Waals surface area (Å²) < 4.78 is 0. The number of hydrogen-bond donors (Lipinski definition) is 1. The molecule has 0 saturated carbocycles. The summed E-state index contributed by atoms with van der Waals surface area (Å²) in [6, 6.07) is 9.61. The minimum absolute atomic E-state index is 0.680. The molecule has 0 amide bonds. The summed E-state index contributed by atoms with van der Waals surface area (Å²) in [7, 11) is 0. The zero-order chi connectivity index (χ0) is 11.2. The fourth-order valence-corrected chi connectivity index (χ4v) is 2.01. The van der Waals surface area contributed by atoms with Crippen LogP contribution in [0, 0.1) is 11.3 Å². The van der Waals surface area contributed by atoms with E-state index in [1.165, 1.54) is 0 Å². The van der Waals surface area contributed by atoms with Gasteiger partial charge in [0, 0.05) is 30.2 Å². The highest BCUT2D eigenvalue weighted by molar-refractivity contribution is 7.09. The van der Waals surface area contributed by atoms with Gasteiger partial charge in [0.2, 0.25) is 0 Å². The van der Waals surface area contributed by atoms with E-state index in [0.717, 1.165) is 23.7 Å². The van der Waals surface area contributed by atoms with Crippen molar-refractivity contribution < 1.29 is 0 Å². The van der Waals surface area contributed by atoms with Crippen molar-refractivity contribution in [1.82, 2.24) is 4.98 Å². The second-order valence-corrected chi connectivity index (χ2v) is 4.27. The number of aromatic nitrogens is 1. The summed E-state index contributed by atoms with van der Waals surface area (Å²) in [6.45, 7) is 0.836. The van der Waals surface area contributed by atoms with Gasteiger partial charge in [-0.3, -0.25) is 0 Å². The van der Waals surface area contributed by atoms with E-state index in [1.54, 1.807) is 17.4 Å². The van der Waals surface area contributed by atoms with E-state index in [-0.39, 0.29) is 0 Å². The van der Waals surface area contributed by atoms with Crippen molar-refractivity contribution in [2.45, 2.75) is 6.42 Å². The first-order chi connectivity index (χ1) is 7.88. The molecule has 0 aliphatic heterocycles. The Morgan fingerprint density at radius 1 is 1.44 bits per heavy atom. The minimum atomic E-state index is 0.680. The van der Waals surface area contributed by atoms with Crippen molar-refractivity contribution in [2.75, 3.05) is 11.9 Å². The van der Waals surface area contributed by atoms with E-state index in [9.17, 15) is 0 Å². The summed E-state index contributed by atoms with van der Waals surface area (Å²) >= 11 is 1.66. The predicted molar refractivity (Wildman–Crippen MR) is 65.5 cm³/mol. The molecule has 0 spiro atoms. The smallest absolute Gasteiger partial charge is 0.0992 e. The van der Waals surface area contributed by atoms with Crippen LogP contribution < -0.4 is 5.32 Å². The molecule has 80 valence electrons. The molecule has 0 aliphatic carbocycles. The first-order valence-corrected chi connectivity index (χ1v) is 5.89. The van der Waals surface area contributed by atoms with Gasteiger partial charge in [-0.2, -0.15) is 5.26 Å². The van der Waals surface area contributed by atoms with Gasteiger partial charge < -0.3 is 5.32 Å². The molecule has 0 aliphatic rings. The number of nitrogens with one attached hydrogen (secondary N) is 1. The quantitative estimate of drug-likeness (QED) is 0.876. The van der Waals surface area contributed by atoms with Crippen molar-refractivity contribution in [2.24, 2.45) is 0 Å². The van der Waals surface area contributed by atoms with E-state index < -0.39 is 0 Å². The van der Waals surface area contributed by atoms with Gasteiger partial charge in [0.25, 0.3) is 0 Å². The second-order valence-electron chi connectivity index (χ2n) is 3.30. The van der Waals surface area contributed by atoms with Crippen molar-refractivity contribution in [3.8, 4) is 6.07 Å². The van der Waals surface area contributed by atoms with Crippen LogP contribution in [0.2, 0.25) is 0 Å². The van der Waals surface area contributed by atoms with Crippen LogP contribution in [-0.2, 0) is 6.42 Å². The molecule has 0 saturated heterocycles. The Bertz CT molecular complexity index is 485. The van der Waals surface area contributed by atoms with Crippen molar-refractivity contribution in [3.05, 3.63) is 46.4 Å². The fourth-order valence-electron chi connectivity index (χ4n) is 1.39. The van der Waals surface area contributed by atoms with Gasteiger partial charge in [-0.25, -0.2) is 4.98 Å². The van der Waals surface area contributed by atoms with Crippen LogP contribution in [0.3, 0.4) is 0 Å². The Hall–Kier alpha value is -1.86. The number of anilines is 1. The molecule has 1 aromatic carbocycles. The van der Waals surface area contributed by atoms with Crippen molar-refractivity contribution in [1.29, 1.82) is 5.26 Å². The topological polar surface area (TPSA) is 48.7 Å². The van der Waals surface area contributed by atoms with Gasteiger partial charge in [0.05, 0.1) is 16.6 Å². The van der Waals surface area contributed by atoms with Gasteiger partial charge >= 0.3 is 0 Å². The maximum absolute atomic E-state index is 8.75. The molecule has 2 aromatic rings. The van der Waals surface area contributed by atoms with Gasteiger partial charge in [-0.15, -0.1) is 11.3 Å². The molecule has 0 fully saturated rings. The Kier molecular flexibility index (Phi) is 3.52. The first-order valence-electron chi connectivity index (χ1n) is 5.01. The maximum atomic E-state index is 8.75. The van der Waals surface area contributed by atoms with Gasteiger partial charge in [-0.1, -0.05) is 6.07 Å². The summed E-state index contributed by atoms with van der Waals surface area (Å²) in [5, 5.41) is 15.1. The highest BCUT2D eigenvalue weighted by atomic mass is 32.1. The van der Waals surface area contributed by atoms with Crippen LogP contribution in [0.4, 0.5) is 5.69 Å². The Balaban J connectivity index is 1.88. The fraction of sp³-hybridized carbons (Fsp3) is 0.167. The number of nitriles is 1. The van der Waals surface area contributed by atoms with E-state index in [1.807, 2.05) is 29.8 Å². The number of hydrogen-bond acceptors (Lipinski definition) is 4. The Labute approximate surface area is 98.4 Å². The van der Waals surface area contributed by atoms with Crippen LogP contribution in [-0.4, -0.2) is 11.5 Å². The normalized spacial score (nSPS) is 9.69. The zero-order valence-corrected chi connectivity index (χ0v) is 9.50. The maximum Gasteiger partial charge on any atom is 0.0992 e. The van der Waals surface area contributed by atoms with E-state index in [0.29, 0.717) is 5.56 Å². The molecule has 0 unspecified atom stereocenters. The lowest BCUT2D eigenvalue weighted by atomic mass is 10.2. The van der Waals surface area contributed by atoms with Gasteiger partial charge in [0.15, 0.2) is 0 Å². The van der Waals surface area contributed by atoms with Crippen LogP contribution in [0.1, 0.15) is 10.6 Å². The van der Waals surface area contributed by atoms with E-state index >= 15 is 0 Å². The Morgan fingerprint density at radius 2 is 2.38 bits per heavy atom. The lowest BCUT2D eigenvalue weighted by Crippen LogP contribution is -2.04. The number of benzene rings is 1. The molecular weight excluding hydrogens is 218 g/mol. The highest BCUT2D eigenvalue weighted by Gasteiger charge is 1.97. The van der Waals surface area contributed by atoms with Gasteiger partial charge in [0.1, 0.15) is 0 Å². The monoisotopic (exact) mass is 229 g/mol. The SMILES string of the molecule is N#Cc1cccc(NCCc2nccs2)c1. The molecular formula is C12H11N3S. The average Bonchev–Trinajstić information content (AvgIpc) is 2.82. The molecule has 3 nitrogen and oxygen atoms in total. The minimum Gasteiger partial charge on any atom is -0.385 e. The summed E-state index contributed by atoms with van der Waals surface area (Å²) in [6.07, 6.45) is 2.73. The third-order valence-corrected chi connectivity index (χ3v) is 2.98. The number of thiazole rings is 1. The second kappa shape index (κ2) is 5.29. The molecule has 1 N–H and O–H groups in total. The van der Waals surface area contributed by atoms with Crippen LogP contribution in [0.25, 0.3) is 0 Å². The molecule has 0 atom stereocenters. The molecule has 16 heavy (non-hydrogen) atoms. The largest absolute Gasteiger partial charge is 0.385 e. The van der Waals surface area contributed by atoms with Crippen molar-refractivity contribution in [3.63, 3.8) is 0 Å². The van der Waals surface area contributed by atoms with Crippen LogP contribution in [0.5, 0.6) is 0 Å². The molecule has 1 heterocycles. The van der Waals surface area contributed by atoms with Crippen molar-refractivity contribution >= 4 is 17.0 Å². The Morgan fingerprint density at radius 3 is 3.12 bits per heavy atom. The summed E-state index contributed by atoms with van der Waals surface area (Å²) in [4.78, 5) is 4.21. The predicted octanol–water partition coefficient (Wildman–Crippen LogP) is 2.67. The number of nitrogens with zero attached hydrogens (tertiary/aromatic N) is 2. The summed E-state index contributed by atoms with van der Waals surface area (Å²) in [5.74, 6) is 0. The number of rotatable bonds is 4. The lowest BCUT2D eigenvalue weighted by Gasteiger charge is -2.04. The third kappa shape index (κ3) is 2.81. The molecule has 0 bridgehead atoms. The average molecular weight is 229 g/mol. The lowest BCUT2D eigenvalue weighted by molar-refractivity contribution is 0.998. The standard InChI is InChI=1S/C12H11N3S/c13-9-10-2-1-3-11(8-10)14-5-4-12-15-6-7-16-12/h1-3,6-8,14H,4-5H2. The first kappa shape index (κ1) is 10.7. The van der Waals surface area contributed by atoms with Crippen LogP contribution in [0.15, 0.2) is 35.8 Å². The molecule has 1 aromatic heterocycles. The van der Waals surface area contributed by atoms with E-state index in [2.05, 4.69) is 16.4 Å². The summed E-state index contributed by atoms with van der Waals surface area (Å²) in [5.41, 5.74) is 1.66. The third-order valence-electron chi connectivity index (χ3n) is 2.14. The molecule has 2 rings (SSSR count). The zero-order valence-electron chi connectivity index (χ0n) is 8.68. The molecule has 4 heteroatoms. The van der Waals surface area contributed by atoms with Crippen LogP contribution >= 0.6 is 11.3 Å². The van der Waals surface area contributed by atoms with E-state index in [4.69, 9.17) is 5.26 Å².